The molecule has 0 bridgehead atoms. The molecule has 9 aromatic rings. The van der Waals surface area contributed by atoms with Gasteiger partial charge in [-0.25, -0.2) is 0 Å². The smallest absolute Gasteiger partial charge is 0.329 e. The lowest BCUT2D eigenvalue weighted by Crippen LogP contribution is -2.72. The molecule has 17 rings (SSSR count). The van der Waals surface area contributed by atoms with E-state index in [-0.39, 0.29) is 52.9 Å². The zero-order valence-corrected chi connectivity index (χ0v) is 50.4. The molecular formula is C76H71B3N2. The predicted molar refractivity (Wildman–Crippen MR) is 350 cm³/mol. The topological polar surface area (TPSA) is 6.48 Å². The molecule has 6 heterocycles. The van der Waals surface area contributed by atoms with Crippen LogP contribution in [-0.4, -0.2) is 20.4 Å². The standard InChI is InChI=1S/C76H71B3N2/c1-71(2,3)40-25-27-46-54-37-55-47-28-26-41(72(4,5)6)32-61(47)79-63-39-59-49(45-22-18-20-24-57(45)76(59,15)16)36-51(63)53-30-43(74(10,11)12)34-65-68(53)81(79)70(55)66-69(54)80-67-52(29-42(73(7,8)9)33-64(67)77(65)66)50-35-48-44-21-17-19-23-56(44)75(13,14)58(48)38-62(50)78(80)60(46)31-40/h17-39H,1-16H3. The molecule has 0 amide bonds. The quantitative estimate of drug-likeness (QED) is 0.140. The highest BCUT2D eigenvalue weighted by Crippen LogP contribution is 2.59. The lowest BCUT2D eigenvalue weighted by Gasteiger charge is -2.55. The summed E-state index contributed by atoms with van der Waals surface area (Å²) in [7, 11) is 0. The van der Waals surface area contributed by atoms with Gasteiger partial charge in [0, 0.05) is 55.8 Å². The second-order valence-corrected chi connectivity index (χ2v) is 30.9. The first-order valence-corrected chi connectivity index (χ1v) is 30.3. The Hall–Kier alpha value is -7.23. The molecule has 81 heavy (non-hydrogen) atoms. The van der Waals surface area contributed by atoms with E-state index in [1.165, 1.54) is 172 Å². The molecular weight excluding hydrogens is 973 g/mol. The minimum absolute atomic E-state index is 0.0216. The van der Waals surface area contributed by atoms with Gasteiger partial charge in [0.25, 0.3) is 6.71 Å². The highest BCUT2D eigenvalue weighted by atomic mass is 15.1. The lowest BCUT2D eigenvalue weighted by atomic mass is 9.28. The number of hydrogen-bond donors (Lipinski definition) is 0. The largest absolute Gasteiger partial charge is 0.377 e. The Bertz CT molecular complexity index is 4200. The second-order valence-electron chi connectivity index (χ2n) is 30.9. The first kappa shape index (κ1) is 48.5. The molecule has 9 aromatic carbocycles. The number of rotatable bonds is 0. The van der Waals surface area contributed by atoms with Crippen LogP contribution < -0.4 is 47.9 Å². The second kappa shape index (κ2) is 14.7. The first-order chi connectivity index (χ1) is 38.2. The Morgan fingerprint density at radius 2 is 0.630 bits per heavy atom. The average molecular weight is 1040 g/mol. The normalized spacial score (nSPS) is 16.7. The van der Waals surface area contributed by atoms with Crippen molar-refractivity contribution in [1.29, 1.82) is 0 Å². The maximum absolute atomic E-state index is 2.93. The van der Waals surface area contributed by atoms with Gasteiger partial charge in [-0.1, -0.05) is 220 Å². The van der Waals surface area contributed by atoms with Gasteiger partial charge in [-0.05, 0) is 179 Å². The van der Waals surface area contributed by atoms with Crippen LogP contribution in [0.1, 0.15) is 155 Å². The number of nitrogens with zero attached hydrogens (tertiary/aromatic N) is 2. The molecule has 5 heteroatoms. The molecule has 0 atom stereocenters. The molecule has 0 fully saturated rings. The molecule has 0 spiro atoms. The van der Waals surface area contributed by atoms with Gasteiger partial charge in [-0.2, -0.15) is 0 Å². The van der Waals surface area contributed by atoms with Crippen LogP contribution in [0.5, 0.6) is 0 Å². The molecule has 0 saturated carbocycles. The molecule has 394 valence electrons. The molecule has 2 nitrogen and oxygen atoms in total. The molecule has 2 aliphatic carbocycles. The fourth-order valence-corrected chi connectivity index (χ4v) is 17.0. The maximum Gasteiger partial charge on any atom is 0.329 e. The van der Waals surface area contributed by atoms with Crippen molar-refractivity contribution in [3.63, 3.8) is 0 Å². The van der Waals surface area contributed by atoms with Crippen LogP contribution in [-0.2, 0) is 32.5 Å². The van der Waals surface area contributed by atoms with Crippen molar-refractivity contribution in [2.75, 3.05) is 9.62 Å². The van der Waals surface area contributed by atoms with Crippen LogP contribution in [0.3, 0.4) is 0 Å². The summed E-state index contributed by atoms with van der Waals surface area (Å²) in [5.74, 6) is 0. The zero-order valence-electron chi connectivity index (χ0n) is 50.4. The van der Waals surface area contributed by atoms with Gasteiger partial charge in [0.15, 0.2) is 0 Å². The van der Waals surface area contributed by atoms with E-state index in [0.717, 1.165) is 0 Å². The van der Waals surface area contributed by atoms with Crippen molar-refractivity contribution in [3.8, 4) is 66.8 Å². The number of hydrogen-bond acceptors (Lipinski definition) is 2. The summed E-state index contributed by atoms with van der Waals surface area (Å²) in [5, 5.41) is 0. The summed E-state index contributed by atoms with van der Waals surface area (Å²) < 4.78 is 0. The van der Waals surface area contributed by atoms with E-state index in [0.29, 0.717) is 0 Å². The van der Waals surface area contributed by atoms with E-state index in [2.05, 4.69) is 260 Å². The number of benzene rings is 9. The van der Waals surface area contributed by atoms with Crippen molar-refractivity contribution in [3.05, 3.63) is 184 Å². The summed E-state index contributed by atoms with van der Waals surface area (Å²) in [6, 6.07) is 57.7. The van der Waals surface area contributed by atoms with E-state index in [1.54, 1.807) is 0 Å². The fraction of sp³-hybridized carbons (Fsp3) is 0.289. The average Bonchev–Trinajstić information content (AvgIpc) is 1.40. The molecule has 0 unspecified atom stereocenters. The third kappa shape index (κ3) is 5.89. The Kier molecular flexibility index (Phi) is 8.79. The van der Waals surface area contributed by atoms with Crippen molar-refractivity contribution >= 4 is 81.4 Å². The number of anilines is 4. The van der Waals surface area contributed by atoms with Gasteiger partial charge in [0.2, 0.25) is 0 Å². The highest BCUT2D eigenvalue weighted by molar-refractivity contribution is 7.06. The highest BCUT2D eigenvalue weighted by Gasteiger charge is 2.58. The van der Waals surface area contributed by atoms with Gasteiger partial charge in [-0.15, -0.1) is 0 Å². The van der Waals surface area contributed by atoms with Gasteiger partial charge < -0.3 is 9.62 Å². The minimum atomic E-state index is -0.148. The van der Waals surface area contributed by atoms with Gasteiger partial charge in [-0.3, -0.25) is 0 Å². The van der Waals surface area contributed by atoms with Gasteiger partial charge in [0.05, 0.1) is 0 Å². The van der Waals surface area contributed by atoms with Crippen LogP contribution >= 0.6 is 0 Å². The van der Waals surface area contributed by atoms with E-state index in [1.807, 2.05) is 0 Å². The van der Waals surface area contributed by atoms with Crippen LogP contribution in [0.4, 0.5) is 22.7 Å². The summed E-state index contributed by atoms with van der Waals surface area (Å²) in [6.45, 7) is 38.7. The molecule has 8 aliphatic rings. The van der Waals surface area contributed by atoms with Crippen LogP contribution in [0.2, 0.25) is 0 Å². The molecule has 0 N–H and O–H groups in total. The van der Waals surface area contributed by atoms with Gasteiger partial charge >= 0.3 is 13.7 Å². The minimum Gasteiger partial charge on any atom is -0.377 e. The first-order valence-electron chi connectivity index (χ1n) is 30.3. The van der Waals surface area contributed by atoms with E-state index >= 15 is 0 Å². The van der Waals surface area contributed by atoms with Crippen molar-refractivity contribution in [1.82, 2.24) is 0 Å². The van der Waals surface area contributed by atoms with E-state index < -0.39 is 0 Å². The third-order valence-electron chi connectivity index (χ3n) is 21.4. The van der Waals surface area contributed by atoms with Crippen LogP contribution in [0.15, 0.2) is 140 Å². The lowest BCUT2D eigenvalue weighted by molar-refractivity contribution is 0.590. The van der Waals surface area contributed by atoms with E-state index in [9.17, 15) is 0 Å². The SMILES string of the molecule is CC(C)(C)c1ccc2c(c1)B1c3cc4c(cc3-c3cc(C(C)(C)C)cc5c3N1c1c-2cc2c3c1B5c1cc(C(C)(C)C)cc5c1N3B(c1cc3c(cc1-5)-c1ccccc1C3(C)C)c1cc(C(C)(C)C)ccc1-2)-c1ccccc1C4(C)C. The molecule has 0 radical (unpaired) electrons. The van der Waals surface area contributed by atoms with Crippen molar-refractivity contribution in [2.24, 2.45) is 0 Å². The summed E-state index contributed by atoms with van der Waals surface area (Å²) in [4.78, 5) is 5.85. The molecule has 6 aliphatic heterocycles. The Labute approximate surface area is 482 Å². The molecule has 0 aromatic heterocycles. The molecule has 0 saturated heterocycles. The number of fused-ring (bicyclic) bond motifs is 20. The van der Waals surface area contributed by atoms with Crippen LogP contribution in [0, 0.1) is 0 Å². The van der Waals surface area contributed by atoms with Gasteiger partial charge in [0.1, 0.15) is 0 Å². The summed E-state index contributed by atoms with van der Waals surface area (Å²) >= 11 is 0. The van der Waals surface area contributed by atoms with Crippen molar-refractivity contribution < 1.29 is 0 Å². The summed E-state index contributed by atoms with van der Waals surface area (Å²) in [5.41, 5.74) is 42.9. The van der Waals surface area contributed by atoms with Crippen LogP contribution in [0.25, 0.3) is 66.8 Å². The van der Waals surface area contributed by atoms with Crippen molar-refractivity contribution in [2.45, 2.75) is 143 Å². The fourth-order valence-electron chi connectivity index (χ4n) is 17.0. The maximum atomic E-state index is 2.93. The summed E-state index contributed by atoms with van der Waals surface area (Å²) in [6.07, 6.45) is 0. The Morgan fingerprint density at radius 1 is 0.284 bits per heavy atom. The zero-order chi connectivity index (χ0) is 56.0. The monoisotopic (exact) mass is 1040 g/mol. The Morgan fingerprint density at radius 3 is 1.02 bits per heavy atom. The third-order valence-corrected chi connectivity index (χ3v) is 21.4. The van der Waals surface area contributed by atoms with E-state index in [4.69, 9.17) is 0 Å². The Balaban J connectivity index is 1.07. The predicted octanol–water partition coefficient (Wildman–Crippen LogP) is 14.4.